The molecule has 5 rings (SSSR count). The van der Waals surface area contributed by atoms with Crippen LogP contribution in [0.2, 0.25) is 0 Å². The quantitative estimate of drug-likeness (QED) is 0.123. The molecule has 2 fully saturated rings. The summed E-state index contributed by atoms with van der Waals surface area (Å²) < 4.78 is 34.1. The summed E-state index contributed by atoms with van der Waals surface area (Å²) in [5.74, 6) is -1.46. The minimum absolute atomic E-state index is 0.0547. The monoisotopic (exact) mass is 638 g/mol. The first kappa shape index (κ1) is 32.8. The Balaban J connectivity index is 1.62. The van der Waals surface area contributed by atoms with Crippen molar-refractivity contribution in [3.8, 4) is 34.3 Å². The van der Waals surface area contributed by atoms with Gasteiger partial charge in [-0.2, -0.15) is 0 Å². The maximum absolute atomic E-state index is 14.0. The molecular formula is C29H34O16. The average molecular weight is 639 g/mol. The topological polar surface area (TPSA) is 258 Å². The van der Waals surface area contributed by atoms with E-state index in [1.165, 1.54) is 19.2 Å². The van der Waals surface area contributed by atoms with Crippen LogP contribution in [0, 0.1) is 6.92 Å². The van der Waals surface area contributed by atoms with Gasteiger partial charge in [-0.1, -0.05) is 0 Å². The number of rotatable bonds is 8. The third-order valence-corrected chi connectivity index (χ3v) is 7.80. The molecule has 1 aromatic heterocycles. The Bertz CT molecular complexity index is 1570. The van der Waals surface area contributed by atoms with E-state index in [1.54, 1.807) is 13.0 Å². The summed E-state index contributed by atoms with van der Waals surface area (Å²) in [4.78, 5) is 14.0. The van der Waals surface area contributed by atoms with Gasteiger partial charge in [-0.05, 0) is 36.8 Å². The molecule has 16 heteroatoms. The maximum atomic E-state index is 14.0. The molecule has 246 valence electrons. The van der Waals surface area contributed by atoms with Crippen molar-refractivity contribution in [1.82, 2.24) is 0 Å². The first-order chi connectivity index (χ1) is 21.4. The number of hydrogen-bond acceptors (Lipinski definition) is 16. The van der Waals surface area contributed by atoms with Crippen LogP contribution in [-0.2, 0) is 14.2 Å². The molecule has 0 radical (unpaired) electrons. The van der Waals surface area contributed by atoms with Gasteiger partial charge in [-0.3, -0.25) is 4.79 Å². The molecule has 10 atom stereocenters. The van der Waals surface area contributed by atoms with Gasteiger partial charge < -0.3 is 74.1 Å². The second kappa shape index (κ2) is 13.1. The molecule has 0 spiro atoms. The Kier molecular flexibility index (Phi) is 9.52. The predicted molar refractivity (Wildman–Crippen MR) is 150 cm³/mol. The number of benzene rings is 2. The molecule has 45 heavy (non-hydrogen) atoms. The fourth-order valence-electron chi connectivity index (χ4n) is 5.29. The molecule has 3 heterocycles. The van der Waals surface area contributed by atoms with Crippen molar-refractivity contribution in [3.05, 3.63) is 46.1 Å². The van der Waals surface area contributed by atoms with Crippen molar-refractivity contribution in [2.75, 3.05) is 20.3 Å². The summed E-state index contributed by atoms with van der Waals surface area (Å²) in [5, 5.41) is 92.0. The zero-order valence-electron chi connectivity index (χ0n) is 24.0. The summed E-state index contributed by atoms with van der Waals surface area (Å²) in [6, 6.07) is 6.57. The van der Waals surface area contributed by atoms with Crippen LogP contribution in [0.1, 0.15) is 5.56 Å². The Morgan fingerprint density at radius 3 is 2.07 bits per heavy atom. The minimum atomic E-state index is -1.91. The number of aliphatic hydroxyl groups is 7. The van der Waals surface area contributed by atoms with Crippen molar-refractivity contribution < 1.29 is 74.1 Å². The molecule has 2 aliphatic rings. The van der Waals surface area contributed by atoms with Gasteiger partial charge in [0, 0.05) is 11.6 Å². The summed E-state index contributed by atoms with van der Waals surface area (Å²) in [6.45, 7) is 0.0190. The van der Waals surface area contributed by atoms with Crippen molar-refractivity contribution in [2.45, 2.75) is 68.3 Å². The van der Waals surface area contributed by atoms with Gasteiger partial charge in [-0.25, -0.2) is 0 Å². The highest BCUT2D eigenvalue weighted by atomic mass is 16.8. The third kappa shape index (κ3) is 6.05. The number of aliphatic hydroxyl groups excluding tert-OH is 7. The van der Waals surface area contributed by atoms with Crippen LogP contribution < -0.4 is 14.9 Å². The van der Waals surface area contributed by atoms with E-state index < -0.39 is 97.3 Å². The van der Waals surface area contributed by atoms with Crippen LogP contribution in [0.15, 0.2) is 39.5 Å². The van der Waals surface area contributed by atoms with Crippen molar-refractivity contribution in [3.63, 3.8) is 0 Å². The first-order valence-electron chi connectivity index (χ1n) is 13.8. The van der Waals surface area contributed by atoms with E-state index in [0.717, 1.165) is 12.1 Å². The molecule has 0 bridgehead atoms. The van der Waals surface area contributed by atoms with Crippen molar-refractivity contribution in [1.29, 1.82) is 0 Å². The number of hydrogen-bond donors (Lipinski definition) is 9. The van der Waals surface area contributed by atoms with E-state index in [1.807, 2.05) is 0 Å². The predicted octanol–water partition coefficient (Wildman–Crippen LogP) is -1.81. The van der Waals surface area contributed by atoms with Crippen LogP contribution in [-0.4, -0.2) is 128 Å². The van der Waals surface area contributed by atoms with E-state index in [2.05, 4.69) is 0 Å². The fraction of sp³-hybridized carbons (Fsp3) is 0.483. The van der Waals surface area contributed by atoms with Crippen LogP contribution in [0.5, 0.6) is 23.0 Å². The zero-order valence-corrected chi connectivity index (χ0v) is 24.0. The summed E-state index contributed by atoms with van der Waals surface area (Å²) in [5.41, 5.74) is -0.212. The number of aryl methyl sites for hydroxylation is 1. The highest BCUT2D eigenvalue weighted by Crippen LogP contribution is 2.39. The highest BCUT2D eigenvalue weighted by molar-refractivity contribution is 5.86. The SMILES string of the molecule is COc1cc(C)c2c(=O)c(OC3OC(CO)C(O)C(O)C3OC3OC(CO)C(O)C(O)C3O)c(-c3ccc(O)c(O)c3)oc2c1. The van der Waals surface area contributed by atoms with Gasteiger partial charge in [-0.15, -0.1) is 0 Å². The standard InChI is InChI=1S/C29H34O16/c1-10-5-12(40-2)7-15-18(10)21(36)26(25(41-15)11-3-4-13(32)14(33)6-11)44-29-27(23(38)20(35)17(9-31)43-29)45-28-24(39)22(37)19(34)16(8-30)42-28/h3-7,16-17,19-20,22-24,27-35,37-39H,8-9H2,1-2H3. The van der Waals surface area contributed by atoms with Gasteiger partial charge >= 0.3 is 0 Å². The van der Waals surface area contributed by atoms with E-state index >= 15 is 0 Å². The maximum Gasteiger partial charge on any atom is 0.235 e. The number of aromatic hydroxyl groups is 2. The van der Waals surface area contributed by atoms with E-state index in [9.17, 15) is 50.8 Å². The molecule has 10 unspecified atom stereocenters. The molecule has 0 aliphatic carbocycles. The first-order valence-corrected chi connectivity index (χ1v) is 13.8. The van der Waals surface area contributed by atoms with Crippen molar-refractivity contribution in [2.24, 2.45) is 0 Å². The van der Waals surface area contributed by atoms with Gasteiger partial charge in [0.15, 0.2) is 29.7 Å². The van der Waals surface area contributed by atoms with Crippen LogP contribution in [0.3, 0.4) is 0 Å². The number of methoxy groups -OCH3 is 1. The number of phenolic OH excluding ortho intramolecular Hbond substituents is 2. The van der Waals surface area contributed by atoms with E-state index in [4.69, 9.17) is 28.1 Å². The highest BCUT2D eigenvalue weighted by Gasteiger charge is 2.51. The van der Waals surface area contributed by atoms with E-state index in [0.29, 0.717) is 11.3 Å². The third-order valence-electron chi connectivity index (χ3n) is 7.80. The Labute approximate surface area is 254 Å². The smallest absolute Gasteiger partial charge is 0.235 e. The lowest BCUT2D eigenvalue weighted by Crippen LogP contribution is -2.65. The molecule has 9 N–H and O–H groups in total. The summed E-state index contributed by atoms with van der Waals surface area (Å²) >= 11 is 0. The second-order valence-electron chi connectivity index (χ2n) is 10.7. The molecule has 0 saturated carbocycles. The lowest BCUT2D eigenvalue weighted by molar-refractivity contribution is -0.358. The largest absolute Gasteiger partial charge is 0.504 e. The van der Waals surface area contributed by atoms with Gasteiger partial charge in [0.05, 0.1) is 25.7 Å². The Hall–Kier alpha value is -3.55. The van der Waals surface area contributed by atoms with Gasteiger partial charge in [0.2, 0.25) is 17.5 Å². The molecule has 16 nitrogen and oxygen atoms in total. The van der Waals surface area contributed by atoms with Crippen molar-refractivity contribution >= 4 is 11.0 Å². The molecule has 0 amide bonds. The lowest BCUT2D eigenvalue weighted by atomic mass is 9.97. The Morgan fingerprint density at radius 2 is 1.44 bits per heavy atom. The molecule has 2 aromatic carbocycles. The molecule has 2 aliphatic heterocycles. The van der Waals surface area contributed by atoms with Crippen LogP contribution in [0.25, 0.3) is 22.3 Å². The molecule has 3 aromatic rings. The van der Waals surface area contributed by atoms with Gasteiger partial charge in [0.25, 0.3) is 0 Å². The number of ether oxygens (including phenoxy) is 5. The fourth-order valence-corrected chi connectivity index (χ4v) is 5.29. The number of fused-ring (bicyclic) bond motifs is 1. The second-order valence-corrected chi connectivity index (χ2v) is 10.7. The van der Waals surface area contributed by atoms with E-state index in [-0.39, 0.29) is 22.3 Å². The molecular weight excluding hydrogens is 604 g/mol. The molecule has 2 saturated heterocycles. The van der Waals surface area contributed by atoms with Gasteiger partial charge in [0.1, 0.15) is 54.1 Å². The summed E-state index contributed by atoms with van der Waals surface area (Å²) in [6.07, 6.45) is -17.5. The van der Waals surface area contributed by atoms with Crippen LogP contribution in [0.4, 0.5) is 0 Å². The summed E-state index contributed by atoms with van der Waals surface area (Å²) in [7, 11) is 1.42. The zero-order chi connectivity index (χ0) is 32.7. The van der Waals surface area contributed by atoms with Crippen LogP contribution >= 0.6 is 0 Å². The average Bonchev–Trinajstić information content (AvgIpc) is 3.02. The number of phenols is 2. The minimum Gasteiger partial charge on any atom is -0.504 e. The lowest BCUT2D eigenvalue weighted by Gasteiger charge is -2.45. The Morgan fingerprint density at radius 1 is 0.800 bits per heavy atom. The normalized spacial score (nSPS) is 32.0.